The molecular formula is C14H24N2O3S. The van der Waals surface area contributed by atoms with Gasteiger partial charge in [-0.3, -0.25) is 0 Å². The van der Waals surface area contributed by atoms with Gasteiger partial charge in [-0.2, -0.15) is 0 Å². The Labute approximate surface area is 121 Å². The van der Waals surface area contributed by atoms with Crippen LogP contribution in [0.5, 0.6) is 0 Å². The molecule has 0 spiro atoms. The first-order valence-electron chi connectivity index (χ1n) is 6.58. The molecule has 6 heteroatoms. The summed E-state index contributed by atoms with van der Waals surface area (Å²) >= 11 is 0. The number of sulfonamides is 1. The Morgan fingerprint density at radius 3 is 2.45 bits per heavy atom. The average Bonchev–Trinajstić information content (AvgIpc) is 2.30. The zero-order valence-electron chi connectivity index (χ0n) is 12.5. The number of hydrogen-bond acceptors (Lipinski definition) is 4. The Balaban J connectivity index is 3.14. The second kappa shape index (κ2) is 6.11. The van der Waals surface area contributed by atoms with Crippen molar-refractivity contribution in [1.29, 1.82) is 0 Å². The Hall–Kier alpha value is -1.11. The highest BCUT2D eigenvalue weighted by Crippen LogP contribution is 2.26. The highest BCUT2D eigenvalue weighted by molar-refractivity contribution is 7.89. The molecule has 114 valence electrons. The average molecular weight is 300 g/mol. The van der Waals surface area contributed by atoms with Crippen LogP contribution in [0.4, 0.5) is 5.69 Å². The molecule has 1 aromatic carbocycles. The van der Waals surface area contributed by atoms with Crippen LogP contribution in [0.1, 0.15) is 32.8 Å². The molecule has 0 fully saturated rings. The number of aliphatic hydroxyl groups excluding tert-OH is 1. The summed E-state index contributed by atoms with van der Waals surface area (Å²) in [6.45, 7) is 7.41. The molecule has 1 aromatic rings. The first-order valence-corrected chi connectivity index (χ1v) is 8.06. The van der Waals surface area contributed by atoms with Crippen molar-refractivity contribution < 1.29 is 13.5 Å². The second-order valence-corrected chi connectivity index (χ2v) is 7.70. The first-order chi connectivity index (χ1) is 9.09. The van der Waals surface area contributed by atoms with Crippen molar-refractivity contribution >= 4 is 15.7 Å². The van der Waals surface area contributed by atoms with Gasteiger partial charge in [-0.1, -0.05) is 26.8 Å². The van der Waals surface area contributed by atoms with E-state index in [1.165, 1.54) is 6.07 Å². The lowest BCUT2D eigenvalue weighted by molar-refractivity contribution is 0.214. The van der Waals surface area contributed by atoms with Crippen molar-refractivity contribution in [1.82, 2.24) is 4.72 Å². The van der Waals surface area contributed by atoms with Crippen LogP contribution < -0.4 is 10.5 Å². The summed E-state index contributed by atoms with van der Waals surface area (Å²) in [4.78, 5) is 0.185. The van der Waals surface area contributed by atoms with E-state index in [9.17, 15) is 8.42 Å². The van der Waals surface area contributed by atoms with Gasteiger partial charge in [-0.05, 0) is 36.5 Å². The molecule has 0 saturated carbocycles. The molecule has 5 nitrogen and oxygen atoms in total. The van der Waals surface area contributed by atoms with E-state index >= 15 is 0 Å². The van der Waals surface area contributed by atoms with Crippen molar-refractivity contribution in [2.75, 3.05) is 12.3 Å². The molecule has 1 atom stereocenters. The van der Waals surface area contributed by atoms with Crippen LogP contribution in [0, 0.1) is 12.3 Å². The van der Waals surface area contributed by atoms with Crippen LogP contribution in [0.15, 0.2) is 23.1 Å². The van der Waals surface area contributed by atoms with E-state index in [1.54, 1.807) is 19.1 Å². The van der Waals surface area contributed by atoms with Gasteiger partial charge in [0.05, 0.1) is 4.90 Å². The Morgan fingerprint density at radius 1 is 1.35 bits per heavy atom. The Bertz CT molecular complexity index is 562. The third-order valence-corrected chi connectivity index (χ3v) is 4.99. The molecule has 0 aromatic heterocycles. The van der Waals surface area contributed by atoms with Crippen molar-refractivity contribution in [2.45, 2.75) is 45.1 Å². The Morgan fingerprint density at radius 2 is 1.95 bits per heavy atom. The van der Waals surface area contributed by atoms with Gasteiger partial charge in [-0.15, -0.1) is 0 Å². The summed E-state index contributed by atoms with van der Waals surface area (Å²) in [7, 11) is -3.66. The number of hydrogen-bond donors (Lipinski definition) is 3. The minimum Gasteiger partial charge on any atom is -0.398 e. The van der Waals surface area contributed by atoms with Crippen molar-refractivity contribution in [3.05, 3.63) is 23.8 Å². The molecule has 0 amide bonds. The predicted molar refractivity (Wildman–Crippen MR) is 80.9 cm³/mol. The summed E-state index contributed by atoms with van der Waals surface area (Å²) in [5.74, 6) is 0. The predicted octanol–water partition coefficient (Wildman–Crippen LogP) is 1.65. The van der Waals surface area contributed by atoms with Gasteiger partial charge in [-0.25, -0.2) is 13.1 Å². The van der Waals surface area contributed by atoms with E-state index in [0.29, 0.717) is 17.7 Å². The topological polar surface area (TPSA) is 92.4 Å². The smallest absolute Gasteiger partial charge is 0.241 e. The Kier molecular flexibility index (Phi) is 5.18. The van der Waals surface area contributed by atoms with Crippen LogP contribution >= 0.6 is 0 Å². The molecule has 1 rings (SSSR count). The van der Waals surface area contributed by atoms with Crippen LogP contribution in [0.2, 0.25) is 0 Å². The third kappa shape index (κ3) is 3.94. The fraction of sp³-hybridized carbons (Fsp3) is 0.571. The second-order valence-electron chi connectivity index (χ2n) is 6.02. The maximum Gasteiger partial charge on any atom is 0.241 e. The highest BCUT2D eigenvalue weighted by Gasteiger charge is 2.30. The van der Waals surface area contributed by atoms with Gasteiger partial charge in [0.25, 0.3) is 0 Å². The van der Waals surface area contributed by atoms with Crippen LogP contribution in [0.25, 0.3) is 0 Å². The van der Waals surface area contributed by atoms with E-state index in [-0.39, 0.29) is 23.0 Å². The maximum absolute atomic E-state index is 12.5. The third-order valence-electron chi connectivity index (χ3n) is 3.38. The molecule has 0 saturated heterocycles. The van der Waals surface area contributed by atoms with Gasteiger partial charge in [0.2, 0.25) is 10.0 Å². The van der Waals surface area contributed by atoms with E-state index < -0.39 is 10.0 Å². The molecule has 0 aliphatic heterocycles. The highest BCUT2D eigenvalue weighted by atomic mass is 32.2. The van der Waals surface area contributed by atoms with E-state index in [4.69, 9.17) is 10.8 Å². The number of aliphatic hydroxyl groups is 1. The normalized spacial score (nSPS) is 14.2. The van der Waals surface area contributed by atoms with Crippen molar-refractivity contribution in [3.8, 4) is 0 Å². The number of nitrogens with two attached hydrogens (primary N) is 1. The van der Waals surface area contributed by atoms with Crippen molar-refractivity contribution in [3.63, 3.8) is 0 Å². The molecule has 0 radical (unpaired) electrons. The largest absolute Gasteiger partial charge is 0.398 e. The molecule has 0 bridgehead atoms. The fourth-order valence-corrected chi connectivity index (χ4v) is 3.72. The zero-order chi connectivity index (χ0) is 15.6. The van der Waals surface area contributed by atoms with Gasteiger partial charge < -0.3 is 10.8 Å². The summed E-state index contributed by atoms with van der Waals surface area (Å²) < 4.78 is 27.7. The van der Waals surface area contributed by atoms with E-state index in [1.807, 2.05) is 20.8 Å². The van der Waals surface area contributed by atoms with Gasteiger partial charge in [0.1, 0.15) is 0 Å². The lowest BCUT2D eigenvalue weighted by Gasteiger charge is -2.31. The summed E-state index contributed by atoms with van der Waals surface area (Å²) in [5, 5.41) is 9.11. The fourth-order valence-electron chi connectivity index (χ4n) is 1.97. The number of anilines is 1. The molecule has 20 heavy (non-hydrogen) atoms. The maximum atomic E-state index is 12.5. The van der Waals surface area contributed by atoms with Gasteiger partial charge in [0.15, 0.2) is 0 Å². The number of nitrogen functional groups attached to an aromatic ring is 1. The summed E-state index contributed by atoms with van der Waals surface area (Å²) in [5.41, 5.74) is 6.46. The van der Waals surface area contributed by atoms with E-state index in [0.717, 1.165) is 0 Å². The number of nitrogens with one attached hydrogen (secondary N) is 1. The first kappa shape index (κ1) is 16.9. The minimum absolute atomic E-state index is 0.0691. The summed E-state index contributed by atoms with van der Waals surface area (Å²) in [6, 6.07) is 4.48. The SMILES string of the molecule is Cc1c(N)cccc1S(=O)(=O)NC(CCO)C(C)(C)C. The standard InChI is InChI=1S/C14H24N2O3S/c1-10-11(15)6-5-7-12(10)20(18,19)16-13(8-9-17)14(2,3)4/h5-7,13,16-17H,8-9,15H2,1-4H3. The van der Waals surface area contributed by atoms with Gasteiger partial charge >= 0.3 is 0 Å². The molecule has 0 aliphatic carbocycles. The lowest BCUT2D eigenvalue weighted by Crippen LogP contribution is -2.44. The van der Waals surface area contributed by atoms with E-state index in [2.05, 4.69) is 4.72 Å². The summed E-state index contributed by atoms with van der Waals surface area (Å²) in [6.07, 6.45) is 0.365. The zero-order valence-corrected chi connectivity index (χ0v) is 13.3. The van der Waals surface area contributed by atoms with Crippen LogP contribution in [-0.4, -0.2) is 26.2 Å². The van der Waals surface area contributed by atoms with Crippen LogP contribution in [-0.2, 0) is 10.0 Å². The molecular weight excluding hydrogens is 276 g/mol. The van der Waals surface area contributed by atoms with Crippen molar-refractivity contribution in [2.24, 2.45) is 5.41 Å². The lowest BCUT2D eigenvalue weighted by atomic mass is 9.86. The van der Waals surface area contributed by atoms with Crippen LogP contribution in [0.3, 0.4) is 0 Å². The molecule has 0 aliphatic rings. The number of rotatable bonds is 5. The molecule has 0 heterocycles. The monoisotopic (exact) mass is 300 g/mol. The molecule has 4 N–H and O–H groups in total. The van der Waals surface area contributed by atoms with Gasteiger partial charge in [0, 0.05) is 18.3 Å². The minimum atomic E-state index is -3.66. The quantitative estimate of drug-likeness (QED) is 0.721. The molecule has 1 unspecified atom stereocenters. The number of benzene rings is 1.